The lowest BCUT2D eigenvalue weighted by atomic mass is 9.97. The molecule has 4 heteroatoms. The first-order valence-electron chi connectivity index (χ1n) is 6.26. The zero-order chi connectivity index (χ0) is 12.6. The molecule has 2 N–H and O–H groups in total. The third-order valence-electron chi connectivity index (χ3n) is 3.20. The van der Waals surface area contributed by atoms with E-state index in [0.717, 1.165) is 42.8 Å². The van der Waals surface area contributed by atoms with Gasteiger partial charge in [0.25, 0.3) is 5.56 Å². The highest BCUT2D eigenvalue weighted by Gasteiger charge is 2.20. The minimum Gasteiger partial charge on any atom is -0.324 e. The molecule has 1 aliphatic carbocycles. The van der Waals surface area contributed by atoms with Crippen molar-refractivity contribution >= 4 is 0 Å². The predicted molar refractivity (Wildman–Crippen MR) is 68.1 cm³/mol. The zero-order valence-corrected chi connectivity index (χ0v) is 10.9. The Morgan fingerprint density at radius 3 is 2.65 bits per heavy atom. The average molecular weight is 235 g/mol. The van der Waals surface area contributed by atoms with Crippen LogP contribution in [0.1, 0.15) is 43.8 Å². The van der Waals surface area contributed by atoms with Crippen LogP contribution in [0.2, 0.25) is 0 Å². The van der Waals surface area contributed by atoms with Crippen molar-refractivity contribution in [2.75, 3.05) is 0 Å². The highest BCUT2D eigenvalue weighted by Crippen LogP contribution is 2.16. The van der Waals surface area contributed by atoms with Gasteiger partial charge >= 0.3 is 0 Å². The Balaban J connectivity index is 2.50. The summed E-state index contributed by atoms with van der Waals surface area (Å²) in [6, 6.07) is 0. The summed E-state index contributed by atoms with van der Waals surface area (Å²) in [5.74, 6) is 0.786. The normalized spacial score (nSPS) is 15.8. The van der Waals surface area contributed by atoms with Crippen LogP contribution >= 0.6 is 0 Å². The second kappa shape index (κ2) is 4.26. The molecule has 4 nitrogen and oxygen atoms in total. The molecule has 1 aromatic rings. The van der Waals surface area contributed by atoms with Crippen LogP contribution in [-0.4, -0.2) is 15.1 Å². The maximum atomic E-state index is 12.4. The number of hydrogen-bond acceptors (Lipinski definition) is 3. The van der Waals surface area contributed by atoms with Gasteiger partial charge in [-0.25, -0.2) is 4.98 Å². The molecule has 0 saturated carbocycles. The lowest BCUT2D eigenvalue weighted by molar-refractivity contribution is 0.412. The Morgan fingerprint density at radius 1 is 1.35 bits per heavy atom. The van der Waals surface area contributed by atoms with Crippen molar-refractivity contribution in [3.8, 4) is 0 Å². The number of aryl methyl sites for hydroxylation is 2. The van der Waals surface area contributed by atoms with Gasteiger partial charge in [0.05, 0.1) is 5.69 Å². The van der Waals surface area contributed by atoms with Gasteiger partial charge in [-0.1, -0.05) is 0 Å². The third-order valence-corrected chi connectivity index (χ3v) is 3.20. The Hall–Kier alpha value is -1.16. The van der Waals surface area contributed by atoms with Crippen LogP contribution in [0.5, 0.6) is 0 Å². The maximum Gasteiger partial charge on any atom is 0.256 e. The van der Waals surface area contributed by atoms with E-state index in [9.17, 15) is 4.79 Å². The maximum absolute atomic E-state index is 12.4. The van der Waals surface area contributed by atoms with Gasteiger partial charge in [-0.2, -0.15) is 0 Å². The summed E-state index contributed by atoms with van der Waals surface area (Å²) < 4.78 is 1.73. The Bertz CT molecular complexity index is 483. The second-order valence-electron chi connectivity index (χ2n) is 5.67. The third kappa shape index (κ3) is 2.57. The minimum absolute atomic E-state index is 0.116. The smallest absolute Gasteiger partial charge is 0.256 e. The number of aromatic nitrogens is 2. The minimum atomic E-state index is -0.390. The SMILES string of the molecule is Cc1nc2c(c(=O)n1CC(C)(C)N)CCCC2. The van der Waals surface area contributed by atoms with Gasteiger partial charge in [0.15, 0.2) is 0 Å². The van der Waals surface area contributed by atoms with Crippen molar-refractivity contribution in [1.29, 1.82) is 0 Å². The Labute approximate surface area is 102 Å². The zero-order valence-electron chi connectivity index (χ0n) is 10.9. The molecule has 0 saturated heterocycles. The molecule has 94 valence electrons. The van der Waals surface area contributed by atoms with E-state index in [2.05, 4.69) is 4.98 Å². The summed E-state index contributed by atoms with van der Waals surface area (Å²) >= 11 is 0. The van der Waals surface area contributed by atoms with Crippen LogP contribution in [0, 0.1) is 6.92 Å². The Morgan fingerprint density at radius 2 is 2.00 bits per heavy atom. The van der Waals surface area contributed by atoms with E-state index in [1.807, 2.05) is 20.8 Å². The molecule has 0 unspecified atom stereocenters. The van der Waals surface area contributed by atoms with Gasteiger partial charge in [-0.3, -0.25) is 9.36 Å². The van der Waals surface area contributed by atoms with Gasteiger partial charge in [-0.15, -0.1) is 0 Å². The van der Waals surface area contributed by atoms with E-state index in [0.29, 0.717) is 6.54 Å². The van der Waals surface area contributed by atoms with Gasteiger partial charge in [-0.05, 0) is 46.5 Å². The average Bonchev–Trinajstić information content (AvgIpc) is 2.23. The van der Waals surface area contributed by atoms with E-state index in [4.69, 9.17) is 5.73 Å². The number of nitrogens with zero attached hydrogens (tertiary/aromatic N) is 2. The van der Waals surface area contributed by atoms with Gasteiger partial charge in [0.1, 0.15) is 5.82 Å². The fourth-order valence-corrected chi connectivity index (χ4v) is 2.40. The lowest BCUT2D eigenvalue weighted by Gasteiger charge is -2.24. The standard InChI is InChI=1S/C13H21N3O/c1-9-15-11-7-5-4-6-10(11)12(17)16(9)8-13(2,3)14/h4-8,14H2,1-3H3. The Kier molecular flexibility index (Phi) is 3.08. The molecule has 1 aromatic heterocycles. The molecule has 1 heterocycles. The lowest BCUT2D eigenvalue weighted by Crippen LogP contribution is -2.42. The molecule has 0 fully saturated rings. The summed E-state index contributed by atoms with van der Waals surface area (Å²) in [5, 5.41) is 0. The summed E-state index contributed by atoms with van der Waals surface area (Å²) in [7, 11) is 0. The van der Waals surface area contributed by atoms with Crippen LogP contribution in [0.15, 0.2) is 4.79 Å². The van der Waals surface area contributed by atoms with Crippen molar-refractivity contribution in [3.05, 3.63) is 27.4 Å². The van der Waals surface area contributed by atoms with Crippen LogP contribution in [0.4, 0.5) is 0 Å². The van der Waals surface area contributed by atoms with E-state index in [-0.39, 0.29) is 11.1 Å². The topological polar surface area (TPSA) is 60.9 Å². The van der Waals surface area contributed by atoms with Crippen LogP contribution < -0.4 is 11.3 Å². The van der Waals surface area contributed by atoms with Crippen LogP contribution in [-0.2, 0) is 19.4 Å². The van der Waals surface area contributed by atoms with Crippen LogP contribution in [0.25, 0.3) is 0 Å². The van der Waals surface area contributed by atoms with E-state index >= 15 is 0 Å². The summed E-state index contributed by atoms with van der Waals surface area (Å²) in [6.07, 6.45) is 4.05. The quantitative estimate of drug-likeness (QED) is 0.837. The molecule has 2 rings (SSSR count). The predicted octanol–water partition coefficient (Wildman–Crippen LogP) is 1.17. The molecular formula is C13H21N3O. The molecule has 0 aromatic carbocycles. The molecule has 0 amide bonds. The first kappa shape index (κ1) is 12.3. The molecule has 0 atom stereocenters. The first-order valence-corrected chi connectivity index (χ1v) is 6.26. The van der Waals surface area contributed by atoms with Crippen molar-refractivity contribution in [2.45, 2.75) is 58.5 Å². The molecule has 0 bridgehead atoms. The largest absolute Gasteiger partial charge is 0.324 e. The molecule has 0 spiro atoms. The fraction of sp³-hybridized carbons (Fsp3) is 0.692. The molecule has 0 radical (unpaired) electrons. The summed E-state index contributed by atoms with van der Waals surface area (Å²) in [4.78, 5) is 16.9. The van der Waals surface area contributed by atoms with Crippen LogP contribution in [0.3, 0.4) is 0 Å². The number of nitrogens with two attached hydrogens (primary N) is 1. The number of fused-ring (bicyclic) bond motifs is 1. The van der Waals surface area contributed by atoms with Crippen molar-refractivity contribution < 1.29 is 0 Å². The molecule has 17 heavy (non-hydrogen) atoms. The first-order chi connectivity index (χ1) is 7.88. The van der Waals surface area contributed by atoms with Crippen molar-refractivity contribution in [2.24, 2.45) is 5.73 Å². The van der Waals surface area contributed by atoms with Crippen molar-refractivity contribution in [1.82, 2.24) is 9.55 Å². The fourth-order valence-electron chi connectivity index (χ4n) is 2.40. The van der Waals surface area contributed by atoms with Gasteiger partial charge in [0, 0.05) is 17.6 Å². The second-order valence-corrected chi connectivity index (χ2v) is 5.67. The van der Waals surface area contributed by atoms with E-state index < -0.39 is 0 Å². The highest BCUT2D eigenvalue weighted by atomic mass is 16.1. The van der Waals surface area contributed by atoms with E-state index in [1.165, 1.54) is 0 Å². The summed E-state index contributed by atoms with van der Waals surface area (Å²) in [6.45, 7) is 6.27. The number of hydrogen-bond donors (Lipinski definition) is 1. The molecule has 0 aliphatic heterocycles. The van der Waals surface area contributed by atoms with Crippen molar-refractivity contribution in [3.63, 3.8) is 0 Å². The molecular weight excluding hydrogens is 214 g/mol. The van der Waals surface area contributed by atoms with Gasteiger partial charge < -0.3 is 5.73 Å². The summed E-state index contributed by atoms with van der Waals surface area (Å²) in [5.41, 5.74) is 7.63. The monoisotopic (exact) mass is 235 g/mol. The molecule has 1 aliphatic rings. The van der Waals surface area contributed by atoms with E-state index in [1.54, 1.807) is 4.57 Å². The highest BCUT2D eigenvalue weighted by molar-refractivity contribution is 5.21. The number of rotatable bonds is 2. The van der Waals surface area contributed by atoms with Gasteiger partial charge in [0.2, 0.25) is 0 Å².